The highest BCUT2D eigenvalue weighted by Gasteiger charge is 2.52. The van der Waals surface area contributed by atoms with Crippen LogP contribution in [0.5, 0.6) is 0 Å². The number of nitrogens with zero attached hydrogens (tertiary/aromatic N) is 2. The Morgan fingerprint density at radius 3 is 2.86 bits per heavy atom. The maximum Gasteiger partial charge on any atom is 0.230 e. The van der Waals surface area contributed by atoms with Crippen LogP contribution in [-0.2, 0) is 4.79 Å². The average molecular weight is 293 g/mol. The van der Waals surface area contributed by atoms with Crippen LogP contribution in [0.4, 0.5) is 0 Å². The second-order valence-electron chi connectivity index (χ2n) is 7.14. The fourth-order valence-electron chi connectivity index (χ4n) is 4.95. The Kier molecular flexibility index (Phi) is 4.55. The van der Waals surface area contributed by atoms with Crippen molar-refractivity contribution in [2.75, 3.05) is 39.3 Å². The van der Waals surface area contributed by atoms with Crippen LogP contribution in [0.25, 0.3) is 0 Å². The molecule has 1 aliphatic carbocycles. The molecule has 0 bridgehead atoms. The molecule has 0 aromatic carbocycles. The fraction of sp³-hybridized carbons (Fsp3) is 0.941. The number of hydrogen-bond donors (Lipinski definition) is 1. The Morgan fingerprint density at radius 1 is 1.29 bits per heavy atom. The Bertz CT molecular complexity index is 382. The molecule has 0 aromatic heterocycles. The fourth-order valence-corrected chi connectivity index (χ4v) is 4.95. The molecular weight excluding hydrogens is 262 g/mol. The minimum absolute atomic E-state index is 0.0591. The van der Waals surface area contributed by atoms with Crippen molar-refractivity contribution < 1.29 is 4.79 Å². The van der Waals surface area contributed by atoms with Crippen molar-refractivity contribution in [3.63, 3.8) is 0 Å². The molecule has 2 heterocycles. The molecule has 3 atom stereocenters. The van der Waals surface area contributed by atoms with Crippen molar-refractivity contribution in [3.8, 4) is 0 Å². The van der Waals surface area contributed by atoms with Crippen LogP contribution in [0, 0.1) is 11.3 Å². The summed E-state index contributed by atoms with van der Waals surface area (Å²) in [4.78, 5) is 17.9. The highest BCUT2D eigenvalue weighted by atomic mass is 16.2. The third-order valence-electron chi connectivity index (χ3n) is 6.24. The lowest BCUT2D eigenvalue weighted by molar-refractivity contribution is -0.144. The minimum Gasteiger partial charge on any atom is -0.341 e. The van der Waals surface area contributed by atoms with E-state index in [1.165, 1.54) is 19.3 Å². The van der Waals surface area contributed by atoms with Crippen LogP contribution in [0.2, 0.25) is 0 Å². The van der Waals surface area contributed by atoms with Crippen LogP contribution in [0.1, 0.15) is 46.0 Å². The van der Waals surface area contributed by atoms with Crippen molar-refractivity contribution >= 4 is 5.91 Å². The molecule has 0 spiro atoms. The maximum absolute atomic E-state index is 13.2. The predicted molar refractivity (Wildman–Crippen MR) is 85.2 cm³/mol. The Morgan fingerprint density at radius 2 is 2.10 bits per heavy atom. The summed E-state index contributed by atoms with van der Waals surface area (Å²) in [5.74, 6) is 1.05. The van der Waals surface area contributed by atoms with E-state index < -0.39 is 0 Å². The molecule has 1 saturated carbocycles. The highest BCUT2D eigenvalue weighted by Crippen LogP contribution is 2.45. The van der Waals surface area contributed by atoms with Crippen LogP contribution >= 0.6 is 0 Å². The van der Waals surface area contributed by atoms with Gasteiger partial charge in [0.2, 0.25) is 5.91 Å². The van der Waals surface area contributed by atoms with E-state index in [0.717, 1.165) is 52.1 Å². The quantitative estimate of drug-likeness (QED) is 0.857. The van der Waals surface area contributed by atoms with Gasteiger partial charge in [-0.3, -0.25) is 9.69 Å². The lowest BCUT2D eigenvalue weighted by Crippen LogP contribution is -2.50. The lowest BCUT2D eigenvalue weighted by atomic mass is 9.67. The molecule has 4 heteroatoms. The third kappa shape index (κ3) is 2.61. The molecule has 2 aliphatic heterocycles. The van der Waals surface area contributed by atoms with Gasteiger partial charge in [0.25, 0.3) is 0 Å². The summed E-state index contributed by atoms with van der Waals surface area (Å²) in [6, 6.07) is 0.580. The first-order chi connectivity index (χ1) is 10.2. The number of hydrogen-bond acceptors (Lipinski definition) is 3. The molecule has 0 aromatic rings. The Balaban J connectivity index is 1.68. The van der Waals surface area contributed by atoms with Crippen LogP contribution in [-0.4, -0.2) is 61.0 Å². The van der Waals surface area contributed by atoms with E-state index in [-0.39, 0.29) is 5.41 Å². The molecule has 0 radical (unpaired) electrons. The van der Waals surface area contributed by atoms with Crippen molar-refractivity contribution in [1.29, 1.82) is 0 Å². The highest BCUT2D eigenvalue weighted by molar-refractivity contribution is 5.84. The van der Waals surface area contributed by atoms with Crippen molar-refractivity contribution in [2.45, 2.75) is 52.0 Å². The molecule has 1 amide bonds. The number of nitrogens with one attached hydrogen (secondary N) is 1. The van der Waals surface area contributed by atoms with Crippen LogP contribution in [0.15, 0.2) is 0 Å². The Labute approximate surface area is 129 Å². The zero-order valence-corrected chi connectivity index (χ0v) is 13.7. The van der Waals surface area contributed by atoms with Crippen molar-refractivity contribution in [2.24, 2.45) is 11.3 Å². The van der Waals surface area contributed by atoms with Gasteiger partial charge < -0.3 is 10.2 Å². The standard InChI is InChI=1S/C17H31N3O/c1-3-19(4-2)15-8-10-20(12-15)16(21)17-9-6-5-7-14(17)11-18-13-17/h14-15,18H,3-13H2,1-2H3/t14-,15?,17+/m0/s1. The summed E-state index contributed by atoms with van der Waals surface area (Å²) in [5, 5.41) is 3.51. The number of carbonyl (C=O) groups excluding carboxylic acids is 1. The van der Waals surface area contributed by atoms with Gasteiger partial charge in [0.1, 0.15) is 0 Å². The van der Waals surface area contributed by atoms with Gasteiger partial charge in [-0.25, -0.2) is 0 Å². The second kappa shape index (κ2) is 6.25. The predicted octanol–water partition coefficient (Wildman–Crippen LogP) is 1.71. The van der Waals surface area contributed by atoms with Gasteiger partial charge in [-0.2, -0.15) is 0 Å². The monoisotopic (exact) mass is 293 g/mol. The van der Waals surface area contributed by atoms with Gasteiger partial charge in [0, 0.05) is 25.7 Å². The van der Waals surface area contributed by atoms with Crippen LogP contribution in [0.3, 0.4) is 0 Å². The van der Waals surface area contributed by atoms with Crippen molar-refractivity contribution in [1.82, 2.24) is 15.1 Å². The molecule has 3 aliphatic rings. The van der Waals surface area contributed by atoms with E-state index in [2.05, 4.69) is 29.0 Å². The first kappa shape index (κ1) is 15.3. The number of likely N-dealkylation sites (N-methyl/N-ethyl adjacent to an activating group) is 1. The van der Waals surface area contributed by atoms with Gasteiger partial charge >= 0.3 is 0 Å². The maximum atomic E-state index is 13.2. The molecule has 3 fully saturated rings. The molecule has 3 rings (SSSR count). The normalized spacial score (nSPS) is 36.2. The minimum atomic E-state index is -0.0591. The summed E-state index contributed by atoms with van der Waals surface area (Å²) in [6.45, 7) is 10.5. The topological polar surface area (TPSA) is 35.6 Å². The number of likely N-dealkylation sites (tertiary alicyclic amines) is 1. The molecule has 4 nitrogen and oxygen atoms in total. The zero-order valence-electron chi connectivity index (χ0n) is 13.7. The molecule has 1 unspecified atom stereocenters. The van der Waals surface area contributed by atoms with E-state index in [1.807, 2.05) is 0 Å². The number of fused-ring (bicyclic) bond motifs is 1. The Hall–Kier alpha value is -0.610. The molecule has 1 N–H and O–H groups in total. The van der Waals surface area contributed by atoms with E-state index in [4.69, 9.17) is 0 Å². The third-order valence-corrected chi connectivity index (χ3v) is 6.24. The van der Waals surface area contributed by atoms with Gasteiger partial charge in [0.15, 0.2) is 0 Å². The summed E-state index contributed by atoms with van der Waals surface area (Å²) < 4.78 is 0. The van der Waals surface area contributed by atoms with E-state index in [9.17, 15) is 4.79 Å². The SMILES string of the molecule is CCN(CC)C1CCN(C(=O)[C@@]23CCCC[C@H]2CNC3)C1. The molecular formula is C17H31N3O. The van der Waals surface area contributed by atoms with Gasteiger partial charge in [-0.1, -0.05) is 26.7 Å². The van der Waals surface area contributed by atoms with E-state index in [1.54, 1.807) is 0 Å². The number of amides is 1. The van der Waals surface area contributed by atoms with Gasteiger partial charge in [0.05, 0.1) is 5.41 Å². The molecule has 120 valence electrons. The largest absolute Gasteiger partial charge is 0.341 e. The summed E-state index contributed by atoms with van der Waals surface area (Å²) in [5.41, 5.74) is -0.0591. The van der Waals surface area contributed by atoms with E-state index >= 15 is 0 Å². The smallest absolute Gasteiger partial charge is 0.230 e. The van der Waals surface area contributed by atoms with Crippen molar-refractivity contribution in [3.05, 3.63) is 0 Å². The first-order valence-electron chi connectivity index (χ1n) is 8.95. The first-order valence-corrected chi connectivity index (χ1v) is 8.95. The van der Waals surface area contributed by atoms with E-state index in [0.29, 0.717) is 17.9 Å². The zero-order chi connectivity index (χ0) is 14.9. The number of carbonyl (C=O) groups is 1. The molecule has 21 heavy (non-hydrogen) atoms. The second-order valence-corrected chi connectivity index (χ2v) is 7.14. The molecule has 2 saturated heterocycles. The lowest BCUT2D eigenvalue weighted by Gasteiger charge is -2.40. The van der Waals surface area contributed by atoms with Gasteiger partial charge in [-0.05, 0) is 44.8 Å². The van der Waals surface area contributed by atoms with Crippen LogP contribution < -0.4 is 5.32 Å². The summed E-state index contributed by atoms with van der Waals surface area (Å²) >= 11 is 0. The summed E-state index contributed by atoms with van der Waals surface area (Å²) in [7, 11) is 0. The summed E-state index contributed by atoms with van der Waals surface area (Å²) in [6.07, 6.45) is 6.05. The van der Waals surface area contributed by atoms with Gasteiger partial charge in [-0.15, -0.1) is 0 Å². The number of rotatable bonds is 4. The average Bonchev–Trinajstić information content (AvgIpc) is 3.15.